The minimum Gasteiger partial charge on any atom is -0.481 e. The summed E-state index contributed by atoms with van der Waals surface area (Å²) in [5.74, 6) is -2.21. The van der Waals surface area contributed by atoms with E-state index >= 15 is 0 Å². The average Bonchev–Trinajstić information content (AvgIpc) is 3.21. The van der Waals surface area contributed by atoms with Gasteiger partial charge in [0.25, 0.3) is 0 Å². The standard InChI is InChI=1S/C20H21FO4/c21-18-17(19(22)23)20(18,13-24-11-15-7-3-1-4-8-15)14-25-12-16-9-5-2-6-10-16/h1-10,17-18H,11-14H2,(H,22,23). The first kappa shape index (κ1) is 17.6. The molecule has 0 aliphatic heterocycles. The topological polar surface area (TPSA) is 55.8 Å². The Morgan fingerprint density at radius 2 is 1.36 bits per heavy atom. The molecule has 2 aromatic rings. The van der Waals surface area contributed by atoms with Gasteiger partial charge in [-0.1, -0.05) is 60.7 Å². The Bertz CT molecular complexity index is 644. The van der Waals surface area contributed by atoms with Gasteiger partial charge >= 0.3 is 5.97 Å². The number of ether oxygens (including phenoxy) is 2. The Morgan fingerprint density at radius 1 is 0.920 bits per heavy atom. The summed E-state index contributed by atoms with van der Waals surface area (Å²) in [4.78, 5) is 11.3. The molecule has 132 valence electrons. The molecule has 25 heavy (non-hydrogen) atoms. The normalized spacial score (nSPS) is 21.0. The van der Waals surface area contributed by atoms with Crippen molar-refractivity contribution in [3.8, 4) is 0 Å². The Hall–Kier alpha value is -2.24. The number of carbonyl (C=O) groups is 1. The van der Waals surface area contributed by atoms with Gasteiger partial charge in [-0.15, -0.1) is 0 Å². The molecule has 2 unspecified atom stereocenters. The van der Waals surface area contributed by atoms with E-state index in [2.05, 4.69) is 0 Å². The molecule has 0 amide bonds. The molecule has 5 heteroatoms. The Morgan fingerprint density at radius 3 is 1.72 bits per heavy atom. The fourth-order valence-corrected chi connectivity index (χ4v) is 3.06. The van der Waals surface area contributed by atoms with E-state index in [9.17, 15) is 14.3 Å². The van der Waals surface area contributed by atoms with Gasteiger partial charge < -0.3 is 14.6 Å². The predicted molar refractivity (Wildman–Crippen MR) is 90.7 cm³/mol. The van der Waals surface area contributed by atoms with Crippen LogP contribution in [0.15, 0.2) is 60.7 Å². The third kappa shape index (κ3) is 4.06. The van der Waals surface area contributed by atoms with Crippen LogP contribution in [0.2, 0.25) is 0 Å². The van der Waals surface area contributed by atoms with Crippen LogP contribution in [0.4, 0.5) is 4.39 Å². The third-order valence-corrected chi connectivity index (χ3v) is 4.58. The van der Waals surface area contributed by atoms with Crippen LogP contribution in [0.25, 0.3) is 0 Å². The zero-order valence-corrected chi connectivity index (χ0v) is 13.8. The van der Waals surface area contributed by atoms with Gasteiger partial charge in [0.05, 0.1) is 31.8 Å². The molecule has 0 bridgehead atoms. The zero-order chi connectivity index (χ0) is 17.7. The van der Waals surface area contributed by atoms with Gasteiger partial charge in [-0.2, -0.15) is 0 Å². The molecular formula is C20H21FO4. The van der Waals surface area contributed by atoms with Gasteiger partial charge in [-0.25, -0.2) is 4.39 Å². The summed E-state index contributed by atoms with van der Waals surface area (Å²) in [5.41, 5.74) is 0.826. The molecule has 1 fully saturated rings. The first-order valence-electron chi connectivity index (χ1n) is 8.24. The highest BCUT2D eigenvalue weighted by Gasteiger charge is 2.70. The zero-order valence-electron chi connectivity index (χ0n) is 13.8. The van der Waals surface area contributed by atoms with Crippen molar-refractivity contribution in [2.45, 2.75) is 19.4 Å². The maximum absolute atomic E-state index is 14.3. The number of aliphatic carboxylic acids is 1. The minimum atomic E-state index is -1.45. The van der Waals surface area contributed by atoms with Crippen molar-refractivity contribution in [3.63, 3.8) is 0 Å². The van der Waals surface area contributed by atoms with E-state index in [0.717, 1.165) is 11.1 Å². The summed E-state index contributed by atoms with van der Waals surface area (Å²) < 4.78 is 25.5. The molecule has 4 nitrogen and oxygen atoms in total. The van der Waals surface area contributed by atoms with E-state index in [4.69, 9.17) is 9.47 Å². The highest BCUT2D eigenvalue weighted by Crippen LogP contribution is 2.55. The maximum Gasteiger partial charge on any atom is 0.310 e. The van der Waals surface area contributed by atoms with Gasteiger partial charge in [0, 0.05) is 0 Å². The molecule has 0 aromatic heterocycles. The lowest BCUT2D eigenvalue weighted by Crippen LogP contribution is -2.24. The lowest BCUT2D eigenvalue weighted by molar-refractivity contribution is -0.140. The summed E-state index contributed by atoms with van der Waals surface area (Å²) in [6.07, 6.45) is -1.45. The number of carboxylic acids is 1. The SMILES string of the molecule is O=C(O)C1C(F)C1(COCc1ccccc1)COCc1ccccc1. The number of rotatable bonds is 9. The minimum absolute atomic E-state index is 0.0226. The summed E-state index contributed by atoms with van der Waals surface area (Å²) in [5, 5.41) is 9.24. The van der Waals surface area contributed by atoms with Crippen molar-refractivity contribution in [3.05, 3.63) is 71.8 Å². The molecule has 2 atom stereocenters. The van der Waals surface area contributed by atoms with E-state index in [0.29, 0.717) is 13.2 Å². The van der Waals surface area contributed by atoms with Crippen molar-refractivity contribution < 1.29 is 23.8 Å². The Balaban J connectivity index is 1.56. The van der Waals surface area contributed by atoms with Crippen LogP contribution in [0.1, 0.15) is 11.1 Å². The predicted octanol–water partition coefficient (Wildman–Crippen LogP) is 3.46. The monoisotopic (exact) mass is 344 g/mol. The van der Waals surface area contributed by atoms with Gasteiger partial charge in [0.1, 0.15) is 12.1 Å². The van der Waals surface area contributed by atoms with Crippen LogP contribution in [0.5, 0.6) is 0 Å². The molecule has 2 aromatic carbocycles. The van der Waals surface area contributed by atoms with E-state index in [1.54, 1.807) is 0 Å². The lowest BCUT2D eigenvalue weighted by Gasteiger charge is -2.17. The van der Waals surface area contributed by atoms with Crippen molar-refractivity contribution in [2.24, 2.45) is 11.3 Å². The van der Waals surface area contributed by atoms with Crippen molar-refractivity contribution in [2.75, 3.05) is 13.2 Å². The highest BCUT2D eigenvalue weighted by atomic mass is 19.1. The lowest BCUT2D eigenvalue weighted by atomic mass is 10.1. The van der Waals surface area contributed by atoms with E-state index in [-0.39, 0.29) is 13.2 Å². The second kappa shape index (κ2) is 7.76. The smallest absolute Gasteiger partial charge is 0.310 e. The van der Waals surface area contributed by atoms with Crippen LogP contribution in [0.3, 0.4) is 0 Å². The van der Waals surface area contributed by atoms with Crippen LogP contribution < -0.4 is 0 Å². The quantitative estimate of drug-likeness (QED) is 0.757. The number of hydrogen-bond acceptors (Lipinski definition) is 3. The Kier molecular flexibility index (Phi) is 5.46. The van der Waals surface area contributed by atoms with Crippen molar-refractivity contribution in [1.29, 1.82) is 0 Å². The largest absolute Gasteiger partial charge is 0.481 e. The van der Waals surface area contributed by atoms with Crippen LogP contribution in [-0.2, 0) is 27.5 Å². The average molecular weight is 344 g/mol. The molecule has 0 spiro atoms. The van der Waals surface area contributed by atoms with Gasteiger partial charge in [-0.05, 0) is 11.1 Å². The molecule has 1 saturated carbocycles. The molecule has 1 N–H and O–H groups in total. The molecule has 0 saturated heterocycles. The fraction of sp³-hybridized carbons (Fsp3) is 0.350. The number of alkyl halides is 1. The molecular weight excluding hydrogens is 323 g/mol. The van der Waals surface area contributed by atoms with Crippen LogP contribution in [-0.4, -0.2) is 30.5 Å². The molecule has 0 radical (unpaired) electrons. The number of carboxylic acid groups (broad SMARTS) is 1. The van der Waals surface area contributed by atoms with Gasteiger partial charge in [0.15, 0.2) is 0 Å². The van der Waals surface area contributed by atoms with Crippen LogP contribution in [0, 0.1) is 11.3 Å². The molecule has 0 heterocycles. The summed E-state index contributed by atoms with van der Waals surface area (Å²) >= 11 is 0. The molecule has 1 aliphatic carbocycles. The summed E-state index contributed by atoms with van der Waals surface area (Å²) in [6.45, 7) is 0.685. The summed E-state index contributed by atoms with van der Waals surface area (Å²) in [7, 11) is 0. The maximum atomic E-state index is 14.3. The Labute approximate surface area is 146 Å². The fourth-order valence-electron chi connectivity index (χ4n) is 3.06. The number of halogens is 1. The third-order valence-electron chi connectivity index (χ3n) is 4.58. The first-order chi connectivity index (χ1) is 12.1. The second-order valence-electron chi connectivity index (χ2n) is 6.41. The van der Waals surface area contributed by atoms with Crippen molar-refractivity contribution >= 4 is 5.97 Å². The first-order valence-corrected chi connectivity index (χ1v) is 8.24. The van der Waals surface area contributed by atoms with E-state index in [1.807, 2.05) is 60.7 Å². The van der Waals surface area contributed by atoms with E-state index < -0.39 is 23.5 Å². The van der Waals surface area contributed by atoms with Gasteiger partial charge in [0.2, 0.25) is 0 Å². The number of hydrogen-bond donors (Lipinski definition) is 1. The van der Waals surface area contributed by atoms with E-state index in [1.165, 1.54) is 0 Å². The summed E-state index contributed by atoms with van der Waals surface area (Å²) in [6, 6.07) is 19.0. The van der Waals surface area contributed by atoms with Crippen molar-refractivity contribution in [1.82, 2.24) is 0 Å². The molecule has 3 rings (SSSR count). The van der Waals surface area contributed by atoms with Crippen LogP contribution >= 0.6 is 0 Å². The molecule has 1 aliphatic rings. The van der Waals surface area contributed by atoms with Gasteiger partial charge in [-0.3, -0.25) is 4.79 Å². The second-order valence-corrected chi connectivity index (χ2v) is 6.41. The highest BCUT2D eigenvalue weighted by molar-refractivity contribution is 5.76. The number of benzene rings is 2.